The number of piperazine rings is 1. The Bertz CT molecular complexity index is 731. The van der Waals surface area contributed by atoms with Crippen LogP contribution in [0.5, 0.6) is 5.75 Å². The number of benzene rings is 1. The molecule has 0 spiro atoms. The summed E-state index contributed by atoms with van der Waals surface area (Å²) >= 11 is 5.80. The second-order valence-corrected chi connectivity index (χ2v) is 6.97. The van der Waals surface area contributed by atoms with Crippen molar-refractivity contribution < 1.29 is 9.57 Å². The molecule has 28 heavy (non-hydrogen) atoms. The number of aromatic nitrogens is 2. The molecule has 0 aliphatic carbocycles. The maximum Gasteiger partial charge on any atom is 0.151 e. The molecule has 2 heterocycles. The summed E-state index contributed by atoms with van der Waals surface area (Å²) in [6, 6.07) is 11.5. The van der Waals surface area contributed by atoms with Gasteiger partial charge in [-0.2, -0.15) is 0 Å². The van der Waals surface area contributed by atoms with Crippen molar-refractivity contribution >= 4 is 23.6 Å². The van der Waals surface area contributed by atoms with Crippen LogP contribution in [0.25, 0.3) is 0 Å². The van der Waals surface area contributed by atoms with Gasteiger partial charge in [-0.3, -0.25) is 4.90 Å². The minimum Gasteiger partial charge on any atom is -0.494 e. The first-order valence-corrected chi connectivity index (χ1v) is 9.88. The summed E-state index contributed by atoms with van der Waals surface area (Å²) in [5.41, 5.74) is 0.984. The zero-order valence-corrected chi connectivity index (χ0v) is 16.9. The molecule has 1 saturated heterocycles. The van der Waals surface area contributed by atoms with Crippen LogP contribution in [0, 0.1) is 0 Å². The summed E-state index contributed by atoms with van der Waals surface area (Å²) in [4.78, 5) is 9.42. The van der Waals surface area contributed by atoms with Crippen molar-refractivity contribution in [1.29, 1.82) is 0 Å². The van der Waals surface area contributed by atoms with E-state index in [2.05, 4.69) is 30.0 Å². The summed E-state index contributed by atoms with van der Waals surface area (Å²) in [6.45, 7) is 5.82. The molecule has 8 heteroatoms. The summed E-state index contributed by atoms with van der Waals surface area (Å²) < 4.78 is 5.81. The van der Waals surface area contributed by atoms with E-state index in [-0.39, 0.29) is 0 Å². The van der Waals surface area contributed by atoms with Gasteiger partial charge in [0, 0.05) is 26.2 Å². The van der Waals surface area contributed by atoms with Crippen LogP contribution in [0.1, 0.15) is 18.4 Å². The van der Waals surface area contributed by atoms with Gasteiger partial charge < -0.3 is 14.5 Å². The summed E-state index contributed by atoms with van der Waals surface area (Å²) in [6.07, 6.45) is 3.83. The average Bonchev–Trinajstić information content (AvgIpc) is 2.74. The monoisotopic (exact) mass is 403 g/mol. The Hall–Kier alpha value is -2.38. The standard InChI is InChI=1S/C20H26ClN5O2/c1-27-22-16-17-4-6-18(7-5-17)28-15-3-2-10-25-11-13-26(14-12-25)20-9-8-19(21)23-24-20/h4-9,16H,2-3,10-15H2,1H3/b22-16+. The lowest BCUT2D eigenvalue weighted by atomic mass is 10.2. The smallest absolute Gasteiger partial charge is 0.151 e. The van der Waals surface area contributed by atoms with Gasteiger partial charge in [0.15, 0.2) is 11.0 Å². The van der Waals surface area contributed by atoms with Crippen LogP contribution in [0.15, 0.2) is 41.6 Å². The molecular weight excluding hydrogens is 378 g/mol. The lowest BCUT2D eigenvalue weighted by Gasteiger charge is -2.35. The van der Waals surface area contributed by atoms with E-state index in [0.29, 0.717) is 5.15 Å². The summed E-state index contributed by atoms with van der Waals surface area (Å²) in [7, 11) is 1.53. The van der Waals surface area contributed by atoms with Gasteiger partial charge in [0.25, 0.3) is 0 Å². The predicted octanol–water partition coefficient (Wildman–Crippen LogP) is 3.09. The van der Waals surface area contributed by atoms with E-state index in [9.17, 15) is 0 Å². The maximum absolute atomic E-state index is 5.81. The second-order valence-electron chi connectivity index (χ2n) is 6.58. The number of halogens is 1. The second kappa shape index (κ2) is 10.8. The molecule has 1 fully saturated rings. The van der Waals surface area contributed by atoms with Gasteiger partial charge in [-0.05, 0) is 61.3 Å². The van der Waals surface area contributed by atoms with Gasteiger partial charge in [0.2, 0.25) is 0 Å². The molecular formula is C20H26ClN5O2. The minimum atomic E-state index is 0.431. The first-order chi connectivity index (χ1) is 13.7. The molecule has 0 radical (unpaired) electrons. The number of hydrogen-bond donors (Lipinski definition) is 0. The van der Waals surface area contributed by atoms with Gasteiger partial charge >= 0.3 is 0 Å². The maximum atomic E-state index is 5.81. The van der Waals surface area contributed by atoms with Crippen LogP contribution < -0.4 is 9.64 Å². The highest BCUT2D eigenvalue weighted by Crippen LogP contribution is 2.15. The fourth-order valence-corrected chi connectivity index (χ4v) is 3.17. The Balaban J connectivity index is 1.29. The highest BCUT2D eigenvalue weighted by Gasteiger charge is 2.17. The number of nitrogens with zero attached hydrogens (tertiary/aromatic N) is 5. The Labute approximate surface area is 170 Å². The zero-order chi connectivity index (χ0) is 19.6. The largest absolute Gasteiger partial charge is 0.494 e. The van der Waals surface area contributed by atoms with E-state index < -0.39 is 0 Å². The molecule has 0 saturated carbocycles. The summed E-state index contributed by atoms with van der Waals surface area (Å²) in [5.74, 6) is 1.78. The fraction of sp³-hybridized carbons (Fsp3) is 0.450. The number of unbranched alkanes of at least 4 members (excludes halogenated alkanes) is 1. The van der Waals surface area contributed by atoms with Crippen LogP contribution in [-0.4, -0.2) is 67.8 Å². The number of anilines is 1. The number of hydrogen-bond acceptors (Lipinski definition) is 7. The fourth-order valence-electron chi connectivity index (χ4n) is 3.07. The highest BCUT2D eigenvalue weighted by atomic mass is 35.5. The van der Waals surface area contributed by atoms with E-state index >= 15 is 0 Å². The Morgan fingerprint density at radius 3 is 2.50 bits per heavy atom. The molecule has 1 aliphatic heterocycles. The third kappa shape index (κ3) is 6.35. The van der Waals surface area contributed by atoms with Gasteiger partial charge in [-0.25, -0.2) is 0 Å². The van der Waals surface area contributed by atoms with Crippen LogP contribution in [-0.2, 0) is 4.84 Å². The molecule has 150 valence electrons. The third-order valence-corrected chi connectivity index (χ3v) is 4.84. The van der Waals surface area contributed by atoms with Crippen LogP contribution in [0.2, 0.25) is 5.15 Å². The molecule has 0 amide bonds. The van der Waals surface area contributed by atoms with Crippen LogP contribution in [0.3, 0.4) is 0 Å². The van der Waals surface area contributed by atoms with Gasteiger partial charge in [-0.15, -0.1) is 10.2 Å². The van der Waals surface area contributed by atoms with Crippen molar-refractivity contribution in [2.75, 3.05) is 51.3 Å². The topological polar surface area (TPSA) is 63.1 Å². The van der Waals surface area contributed by atoms with Gasteiger partial charge in [0.05, 0.1) is 12.8 Å². The molecule has 0 unspecified atom stereocenters. The van der Waals surface area contributed by atoms with Crippen molar-refractivity contribution in [2.45, 2.75) is 12.8 Å². The lowest BCUT2D eigenvalue weighted by molar-refractivity contribution is 0.215. The normalized spacial score (nSPS) is 15.1. The SMILES string of the molecule is CO/N=C/c1ccc(OCCCCN2CCN(c3ccc(Cl)nn3)CC2)cc1. The molecule has 7 nitrogen and oxygen atoms in total. The number of oxime groups is 1. The Morgan fingerprint density at radius 1 is 1.04 bits per heavy atom. The van der Waals surface area contributed by atoms with Crippen LogP contribution >= 0.6 is 11.6 Å². The highest BCUT2D eigenvalue weighted by molar-refractivity contribution is 6.29. The van der Waals surface area contributed by atoms with Crippen molar-refractivity contribution in [3.63, 3.8) is 0 Å². The first-order valence-electron chi connectivity index (χ1n) is 9.50. The summed E-state index contributed by atoms with van der Waals surface area (Å²) in [5, 5.41) is 12.3. The minimum absolute atomic E-state index is 0.431. The third-order valence-electron chi connectivity index (χ3n) is 4.64. The van der Waals surface area contributed by atoms with E-state index in [1.807, 2.05) is 30.3 Å². The van der Waals surface area contributed by atoms with E-state index in [1.165, 1.54) is 7.11 Å². The average molecular weight is 404 g/mol. The van der Waals surface area contributed by atoms with Crippen molar-refractivity contribution in [3.05, 3.63) is 47.1 Å². The Morgan fingerprint density at radius 2 is 1.82 bits per heavy atom. The molecule has 2 aromatic rings. The van der Waals surface area contributed by atoms with Gasteiger partial charge in [-0.1, -0.05) is 16.8 Å². The van der Waals surface area contributed by atoms with Gasteiger partial charge in [0.1, 0.15) is 12.9 Å². The molecule has 1 aliphatic rings. The van der Waals surface area contributed by atoms with Crippen molar-refractivity contribution in [3.8, 4) is 5.75 Å². The molecule has 0 bridgehead atoms. The zero-order valence-electron chi connectivity index (χ0n) is 16.1. The number of ether oxygens (including phenoxy) is 1. The first kappa shape index (κ1) is 20.4. The molecule has 3 rings (SSSR count). The van der Waals surface area contributed by atoms with Crippen molar-refractivity contribution in [2.24, 2.45) is 5.16 Å². The Kier molecular flexibility index (Phi) is 7.87. The van der Waals surface area contributed by atoms with E-state index in [0.717, 1.165) is 69.3 Å². The molecule has 1 aromatic heterocycles. The molecule has 1 aromatic carbocycles. The number of rotatable bonds is 9. The van der Waals surface area contributed by atoms with E-state index in [1.54, 1.807) is 12.3 Å². The quantitative estimate of drug-likeness (QED) is 0.364. The van der Waals surface area contributed by atoms with Crippen molar-refractivity contribution in [1.82, 2.24) is 15.1 Å². The molecule has 0 N–H and O–H groups in total. The van der Waals surface area contributed by atoms with Crippen LogP contribution in [0.4, 0.5) is 5.82 Å². The predicted molar refractivity (Wildman–Crippen MR) is 111 cm³/mol. The lowest BCUT2D eigenvalue weighted by Crippen LogP contribution is -2.47. The molecule has 0 atom stereocenters. The van der Waals surface area contributed by atoms with E-state index in [4.69, 9.17) is 16.3 Å².